The maximum Gasteiger partial charge on any atom is 0.236 e. The Morgan fingerprint density at radius 3 is 2.47 bits per heavy atom. The molecule has 88 valence electrons. The van der Waals surface area contributed by atoms with Gasteiger partial charge < -0.3 is 10.2 Å². The molecular formula is C12H24N2O. The van der Waals surface area contributed by atoms with Crippen molar-refractivity contribution < 1.29 is 4.79 Å². The van der Waals surface area contributed by atoms with Crippen LogP contribution in [0.3, 0.4) is 0 Å². The standard InChI is InChI=1S/C12H24N2O/c1-9-5-6-11(7-10(9)2)13-8-12(15)14(3)4/h9-11,13H,5-8H2,1-4H3/t9-,10-,11+/m1/s1. The molecule has 3 heteroatoms. The van der Waals surface area contributed by atoms with E-state index in [1.807, 2.05) is 0 Å². The molecule has 0 radical (unpaired) electrons. The van der Waals surface area contributed by atoms with Gasteiger partial charge in [0.25, 0.3) is 0 Å². The van der Waals surface area contributed by atoms with Crippen LogP contribution in [0.25, 0.3) is 0 Å². The van der Waals surface area contributed by atoms with Gasteiger partial charge in [-0.25, -0.2) is 0 Å². The van der Waals surface area contributed by atoms with Crippen LogP contribution < -0.4 is 5.32 Å². The number of hydrogen-bond donors (Lipinski definition) is 1. The van der Waals surface area contributed by atoms with Crippen molar-refractivity contribution in [3.05, 3.63) is 0 Å². The summed E-state index contributed by atoms with van der Waals surface area (Å²) in [6.45, 7) is 5.12. The Balaban J connectivity index is 2.25. The fourth-order valence-electron chi connectivity index (χ4n) is 2.12. The van der Waals surface area contributed by atoms with Crippen molar-refractivity contribution >= 4 is 5.91 Å². The van der Waals surface area contributed by atoms with Crippen molar-refractivity contribution in [3.63, 3.8) is 0 Å². The monoisotopic (exact) mass is 212 g/mol. The van der Waals surface area contributed by atoms with Gasteiger partial charge in [0, 0.05) is 20.1 Å². The van der Waals surface area contributed by atoms with Crippen molar-refractivity contribution in [1.29, 1.82) is 0 Å². The maximum atomic E-state index is 11.4. The van der Waals surface area contributed by atoms with Crippen LogP contribution in [0.1, 0.15) is 33.1 Å². The molecule has 1 fully saturated rings. The molecule has 0 aromatic carbocycles. The van der Waals surface area contributed by atoms with Gasteiger partial charge in [-0.1, -0.05) is 13.8 Å². The lowest BCUT2D eigenvalue weighted by Gasteiger charge is -2.32. The van der Waals surface area contributed by atoms with Crippen LogP contribution in [0.2, 0.25) is 0 Å². The van der Waals surface area contributed by atoms with Crippen LogP contribution in [-0.2, 0) is 4.79 Å². The molecule has 0 aliphatic heterocycles. The Kier molecular flexibility index (Phi) is 4.58. The number of carbonyl (C=O) groups is 1. The molecule has 1 rings (SSSR count). The lowest BCUT2D eigenvalue weighted by molar-refractivity contribution is -0.127. The summed E-state index contributed by atoms with van der Waals surface area (Å²) < 4.78 is 0. The molecule has 0 saturated heterocycles. The number of nitrogens with one attached hydrogen (secondary N) is 1. The first-order valence-electron chi connectivity index (χ1n) is 5.94. The second kappa shape index (κ2) is 5.50. The third kappa shape index (κ3) is 3.82. The highest BCUT2D eigenvalue weighted by atomic mass is 16.2. The van der Waals surface area contributed by atoms with E-state index in [9.17, 15) is 4.79 Å². The average molecular weight is 212 g/mol. The molecule has 3 nitrogen and oxygen atoms in total. The number of likely N-dealkylation sites (N-methyl/N-ethyl adjacent to an activating group) is 1. The van der Waals surface area contributed by atoms with Crippen LogP contribution in [0.5, 0.6) is 0 Å². The second-order valence-corrected chi connectivity index (χ2v) is 5.13. The Hall–Kier alpha value is -0.570. The van der Waals surface area contributed by atoms with E-state index in [4.69, 9.17) is 0 Å². The highest BCUT2D eigenvalue weighted by Gasteiger charge is 2.24. The van der Waals surface area contributed by atoms with E-state index in [0.717, 1.165) is 11.8 Å². The van der Waals surface area contributed by atoms with Gasteiger partial charge in [0.15, 0.2) is 0 Å². The third-order valence-electron chi connectivity index (χ3n) is 3.64. The third-order valence-corrected chi connectivity index (χ3v) is 3.64. The minimum atomic E-state index is 0.168. The number of rotatable bonds is 3. The van der Waals surface area contributed by atoms with Crippen molar-refractivity contribution in [1.82, 2.24) is 10.2 Å². The molecule has 1 aliphatic carbocycles. The predicted molar refractivity (Wildman–Crippen MR) is 62.7 cm³/mol. The Morgan fingerprint density at radius 2 is 1.93 bits per heavy atom. The summed E-state index contributed by atoms with van der Waals surface area (Å²) in [5.74, 6) is 1.79. The van der Waals surface area contributed by atoms with Gasteiger partial charge >= 0.3 is 0 Å². The molecule has 0 aromatic rings. The number of amides is 1. The predicted octanol–water partition coefficient (Wildman–Crippen LogP) is 1.49. The zero-order chi connectivity index (χ0) is 11.4. The highest BCUT2D eigenvalue weighted by Crippen LogP contribution is 2.29. The van der Waals surface area contributed by atoms with Gasteiger partial charge in [0.2, 0.25) is 5.91 Å². The number of carbonyl (C=O) groups excluding carboxylic acids is 1. The van der Waals surface area contributed by atoms with Gasteiger partial charge in [-0.2, -0.15) is 0 Å². The molecule has 0 bridgehead atoms. The minimum absolute atomic E-state index is 0.168. The van der Waals surface area contributed by atoms with E-state index in [1.165, 1.54) is 19.3 Å². The zero-order valence-corrected chi connectivity index (χ0v) is 10.4. The van der Waals surface area contributed by atoms with Crippen LogP contribution >= 0.6 is 0 Å². The lowest BCUT2D eigenvalue weighted by Crippen LogP contribution is -2.41. The van der Waals surface area contributed by atoms with Gasteiger partial charge in [-0.3, -0.25) is 4.79 Å². The largest absolute Gasteiger partial charge is 0.348 e. The summed E-state index contributed by atoms with van der Waals surface area (Å²) in [6.07, 6.45) is 3.71. The Labute approximate surface area is 93.2 Å². The normalized spacial score (nSPS) is 31.3. The molecule has 1 amide bonds. The van der Waals surface area contributed by atoms with Gasteiger partial charge in [-0.05, 0) is 31.1 Å². The first kappa shape index (κ1) is 12.5. The highest BCUT2D eigenvalue weighted by molar-refractivity contribution is 5.77. The second-order valence-electron chi connectivity index (χ2n) is 5.13. The summed E-state index contributed by atoms with van der Waals surface area (Å²) in [7, 11) is 3.60. The van der Waals surface area contributed by atoms with Crippen molar-refractivity contribution in [2.24, 2.45) is 11.8 Å². The van der Waals surface area contributed by atoms with E-state index in [-0.39, 0.29) is 5.91 Å². The van der Waals surface area contributed by atoms with Crippen LogP contribution in [0, 0.1) is 11.8 Å². The summed E-state index contributed by atoms with van der Waals surface area (Å²) in [5, 5.41) is 3.36. The summed E-state index contributed by atoms with van der Waals surface area (Å²) in [5.41, 5.74) is 0. The minimum Gasteiger partial charge on any atom is -0.348 e. The molecule has 0 aromatic heterocycles. The zero-order valence-electron chi connectivity index (χ0n) is 10.4. The van der Waals surface area contributed by atoms with Crippen LogP contribution in [-0.4, -0.2) is 37.5 Å². The molecule has 3 atom stereocenters. The first-order chi connectivity index (χ1) is 7.00. The molecule has 1 saturated carbocycles. The molecule has 0 unspecified atom stereocenters. The molecule has 1 aliphatic rings. The van der Waals surface area contributed by atoms with Crippen LogP contribution in [0.4, 0.5) is 0 Å². The summed E-state index contributed by atoms with van der Waals surface area (Å²) in [6, 6.07) is 0.542. The molecule has 0 spiro atoms. The van der Waals surface area contributed by atoms with E-state index in [1.54, 1.807) is 19.0 Å². The SMILES string of the molecule is C[C@@H]1CC[C@H](NCC(=O)N(C)C)C[C@H]1C. The molecule has 15 heavy (non-hydrogen) atoms. The summed E-state index contributed by atoms with van der Waals surface area (Å²) >= 11 is 0. The quantitative estimate of drug-likeness (QED) is 0.768. The fraction of sp³-hybridized carbons (Fsp3) is 0.917. The summed E-state index contributed by atoms with van der Waals surface area (Å²) in [4.78, 5) is 13.0. The van der Waals surface area contributed by atoms with E-state index in [0.29, 0.717) is 12.6 Å². The Bertz CT molecular complexity index is 216. The van der Waals surface area contributed by atoms with E-state index in [2.05, 4.69) is 19.2 Å². The maximum absolute atomic E-state index is 11.4. The number of nitrogens with zero attached hydrogens (tertiary/aromatic N) is 1. The van der Waals surface area contributed by atoms with Crippen molar-refractivity contribution in [2.45, 2.75) is 39.2 Å². The van der Waals surface area contributed by atoms with E-state index >= 15 is 0 Å². The van der Waals surface area contributed by atoms with Gasteiger partial charge in [0.1, 0.15) is 0 Å². The molecule has 1 N–H and O–H groups in total. The molecule has 0 heterocycles. The van der Waals surface area contributed by atoms with Gasteiger partial charge in [0.05, 0.1) is 6.54 Å². The Morgan fingerprint density at radius 1 is 1.27 bits per heavy atom. The average Bonchev–Trinajstić information content (AvgIpc) is 2.19. The number of hydrogen-bond acceptors (Lipinski definition) is 2. The van der Waals surface area contributed by atoms with Crippen LogP contribution in [0.15, 0.2) is 0 Å². The van der Waals surface area contributed by atoms with E-state index < -0.39 is 0 Å². The fourth-order valence-corrected chi connectivity index (χ4v) is 2.12. The van der Waals surface area contributed by atoms with Crippen molar-refractivity contribution in [2.75, 3.05) is 20.6 Å². The smallest absolute Gasteiger partial charge is 0.236 e. The first-order valence-corrected chi connectivity index (χ1v) is 5.94. The van der Waals surface area contributed by atoms with Gasteiger partial charge in [-0.15, -0.1) is 0 Å². The lowest BCUT2D eigenvalue weighted by atomic mass is 9.79. The van der Waals surface area contributed by atoms with Crippen molar-refractivity contribution in [3.8, 4) is 0 Å². The topological polar surface area (TPSA) is 32.3 Å². The molecular weight excluding hydrogens is 188 g/mol.